The minimum absolute atomic E-state index is 0.207. The van der Waals surface area contributed by atoms with E-state index in [0.29, 0.717) is 12.5 Å². The zero-order valence-corrected chi connectivity index (χ0v) is 11.5. The van der Waals surface area contributed by atoms with E-state index >= 15 is 0 Å². The van der Waals surface area contributed by atoms with Gasteiger partial charge in [0.1, 0.15) is 5.54 Å². The highest BCUT2D eigenvalue weighted by Crippen LogP contribution is 2.28. The summed E-state index contributed by atoms with van der Waals surface area (Å²) in [6, 6.07) is 0.431. The maximum atomic E-state index is 11.3. The minimum atomic E-state index is -0.751. The standard InChI is InChI=1S/C12H23NO2S/c1-11(2,3)16-8-7-12(4,10(14)15)13-9-5-6-9/h9,13H,5-8H2,1-4H3,(H,14,15). The Morgan fingerprint density at radius 2 is 1.94 bits per heavy atom. The summed E-state index contributed by atoms with van der Waals surface area (Å²) in [5, 5.41) is 12.5. The quantitative estimate of drug-likeness (QED) is 0.755. The fourth-order valence-corrected chi connectivity index (χ4v) is 2.60. The zero-order chi connectivity index (χ0) is 12.4. The Labute approximate surface area is 102 Å². The lowest BCUT2D eigenvalue weighted by Gasteiger charge is -2.28. The Bertz CT molecular complexity index is 258. The van der Waals surface area contributed by atoms with E-state index in [2.05, 4.69) is 26.1 Å². The van der Waals surface area contributed by atoms with Gasteiger partial charge >= 0.3 is 5.97 Å². The van der Waals surface area contributed by atoms with Crippen molar-refractivity contribution in [1.29, 1.82) is 0 Å². The number of rotatable bonds is 6. The molecule has 0 radical (unpaired) electrons. The summed E-state index contributed by atoms with van der Waals surface area (Å²) in [4.78, 5) is 11.3. The lowest BCUT2D eigenvalue weighted by atomic mass is 9.99. The van der Waals surface area contributed by atoms with Crippen molar-refractivity contribution < 1.29 is 9.90 Å². The first-order valence-corrected chi connectivity index (χ1v) is 6.86. The third-order valence-corrected chi connectivity index (χ3v) is 3.98. The van der Waals surface area contributed by atoms with Gasteiger partial charge in [-0.25, -0.2) is 0 Å². The largest absolute Gasteiger partial charge is 0.480 e. The Hall–Kier alpha value is -0.220. The third-order valence-electron chi connectivity index (χ3n) is 2.71. The van der Waals surface area contributed by atoms with Crippen molar-refractivity contribution >= 4 is 17.7 Å². The summed E-state index contributed by atoms with van der Waals surface area (Å²) in [7, 11) is 0. The monoisotopic (exact) mass is 245 g/mol. The molecule has 1 fully saturated rings. The number of carbonyl (C=O) groups is 1. The molecule has 0 aromatic rings. The highest BCUT2D eigenvalue weighted by Gasteiger charge is 2.38. The number of carboxylic acid groups (broad SMARTS) is 1. The van der Waals surface area contributed by atoms with Gasteiger partial charge in [0.15, 0.2) is 0 Å². The molecule has 0 aromatic carbocycles. The van der Waals surface area contributed by atoms with E-state index in [0.717, 1.165) is 18.6 Å². The van der Waals surface area contributed by atoms with Crippen molar-refractivity contribution in [3.8, 4) is 0 Å². The average Bonchev–Trinajstić information content (AvgIpc) is 2.85. The Morgan fingerprint density at radius 1 is 1.38 bits per heavy atom. The Kier molecular flexibility index (Phi) is 4.29. The van der Waals surface area contributed by atoms with E-state index in [-0.39, 0.29) is 4.75 Å². The lowest BCUT2D eigenvalue weighted by molar-refractivity contribution is -0.144. The van der Waals surface area contributed by atoms with Crippen molar-refractivity contribution in [2.24, 2.45) is 0 Å². The van der Waals surface area contributed by atoms with Crippen LogP contribution in [0.3, 0.4) is 0 Å². The number of nitrogens with one attached hydrogen (secondary N) is 1. The summed E-state index contributed by atoms with van der Waals surface area (Å²) in [6.07, 6.45) is 2.92. The van der Waals surface area contributed by atoms with Crippen LogP contribution >= 0.6 is 11.8 Å². The van der Waals surface area contributed by atoms with Gasteiger partial charge < -0.3 is 5.11 Å². The molecule has 0 bridgehead atoms. The van der Waals surface area contributed by atoms with Crippen LogP contribution in [0.15, 0.2) is 0 Å². The number of carboxylic acids is 1. The smallest absolute Gasteiger partial charge is 0.323 e. The van der Waals surface area contributed by atoms with Crippen LogP contribution in [0.1, 0.15) is 47.0 Å². The predicted octanol–water partition coefficient (Wildman–Crippen LogP) is 2.50. The van der Waals surface area contributed by atoms with E-state index in [4.69, 9.17) is 0 Å². The molecule has 1 rings (SSSR count). The highest BCUT2D eigenvalue weighted by molar-refractivity contribution is 8.00. The molecule has 2 N–H and O–H groups in total. The summed E-state index contributed by atoms with van der Waals surface area (Å²) in [6.45, 7) is 8.27. The molecule has 0 aromatic heterocycles. The molecule has 4 heteroatoms. The van der Waals surface area contributed by atoms with Crippen molar-refractivity contribution in [1.82, 2.24) is 5.32 Å². The van der Waals surface area contributed by atoms with Crippen LogP contribution in [0.4, 0.5) is 0 Å². The fourth-order valence-electron chi connectivity index (χ4n) is 1.48. The molecule has 0 spiro atoms. The van der Waals surface area contributed by atoms with E-state index in [1.54, 1.807) is 6.92 Å². The van der Waals surface area contributed by atoms with Crippen molar-refractivity contribution in [2.75, 3.05) is 5.75 Å². The topological polar surface area (TPSA) is 49.3 Å². The van der Waals surface area contributed by atoms with Crippen LogP contribution in [0.25, 0.3) is 0 Å². The van der Waals surface area contributed by atoms with Crippen LogP contribution in [0.5, 0.6) is 0 Å². The fraction of sp³-hybridized carbons (Fsp3) is 0.917. The molecule has 0 saturated heterocycles. The normalized spacial score (nSPS) is 20.5. The lowest BCUT2D eigenvalue weighted by Crippen LogP contribution is -2.51. The molecular formula is C12H23NO2S. The molecule has 94 valence electrons. The minimum Gasteiger partial charge on any atom is -0.480 e. The van der Waals surface area contributed by atoms with Crippen LogP contribution in [0, 0.1) is 0 Å². The molecule has 1 saturated carbocycles. The summed E-state index contributed by atoms with van der Waals surface area (Å²) < 4.78 is 0.207. The summed E-state index contributed by atoms with van der Waals surface area (Å²) in [5.74, 6) is 0.153. The Morgan fingerprint density at radius 3 is 2.31 bits per heavy atom. The van der Waals surface area contributed by atoms with Gasteiger partial charge in [-0.1, -0.05) is 20.8 Å². The van der Waals surface area contributed by atoms with E-state index in [9.17, 15) is 9.90 Å². The molecule has 1 atom stereocenters. The second-order valence-electron chi connectivity index (χ2n) is 5.77. The summed E-state index contributed by atoms with van der Waals surface area (Å²) in [5.41, 5.74) is -0.751. The predicted molar refractivity (Wildman–Crippen MR) is 69.0 cm³/mol. The Balaban J connectivity index is 2.41. The molecule has 1 aliphatic carbocycles. The number of hydrogen-bond donors (Lipinski definition) is 2. The van der Waals surface area contributed by atoms with Gasteiger partial charge in [-0.05, 0) is 31.9 Å². The number of hydrogen-bond acceptors (Lipinski definition) is 3. The van der Waals surface area contributed by atoms with Gasteiger partial charge in [-0.2, -0.15) is 11.8 Å². The molecule has 3 nitrogen and oxygen atoms in total. The SMILES string of the molecule is CC(C)(C)SCCC(C)(NC1CC1)C(=O)O. The first kappa shape index (κ1) is 13.8. The van der Waals surface area contributed by atoms with Crippen LogP contribution in [-0.4, -0.2) is 33.2 Å². The average molecular weight is 245 g/mol. The van der Waals surface area contributed by atoms with Crippen molar-refractivity contribution in [3.63, 3.8) is 0 Å². The molecule has 0 heterocycles. The zero-order valence-electron chi connectivity index (χ0n) is 10.7. The van der Waals surface area contributed by atoms with Gasteiger partial charge in [-0.3, -0.25) is 10.1 Å². The first-order chi connectivity index (χ1) is 7.23. The van der Waals surface area contributed by atoms with Gasteiger partial charge in [0.2, 0.25) is 0 Å². The number of aliphatic carboxylic acids is 1. The summed E-state index contributed by atoms with van der Waals surface area (Å²) >= 11 is 1.82. The van der Waals surface area contributed by atoms with Crippen LogP contribution < -0.4 is 5.32 Å². The van der Waals surface area contributed by atoms with E-state index < -0.39 is 11.5 Å². The first-order valence-electron chi connectivity index (χ1n) is 5.88. The van der Waals surface area contributed by atoms with E-state index in [1.807, 2.05) is 11.8 Å². The van der Waals surface area contributed by atoms with Gasteiger partial charge in [0, 0.05) is 10.8 Å². The molecule has 16 heavy (non-hydrogen) atoms. The molecular weight excluding hydrogens is 222 g/mol. The molecule has 1 unspecified atom stereocenters. The molecule has 1 aliphatic rings. The highest BCUT2D eigenvalue weighted by atomic mass is 32.2. The van der Waals surface area contributed by atoms with Crippen molar-refractivity contribution in [3.05, 3.63) is 0 Å². The second-order valence-corrected chi connectivity index (χ2v) is 7.69. The van der Waals surface area contributed by atoms with E-state index in [1.165, 1.54) is 0 Å². The van der Waals surface area contributed by atoms with Gasteiger partial charge in [-0.15, -0.1) is 0 Å². The third kappa shape index (κ3) is 4.74. The second kappa shape index (κ2) is 4.96. The van der Waals surface area contributed by atoms with Gasteiger partial charge in [0.05, 0.1) is 0 Å². The maximum Gasteiger partial charge on any atom is 0.323 e. The van der Waals surface area contributed by atoms with Gasteiger partial charge in [0.25, 0.3) is 0 Å². The van der Waals surface area contributed by atoms with Crippen molar-refractivity contribution in [2.45, 2.75) is 63.3 Å². The van der Waals surface area contributed by atoms with Crippen LogP contribution in [-0.2, 0) is 4.79 Å². The molecule has 0 aliphatic heterocycles. The number of thioether (sulfide) groups is 1. The molecule has 0 amide bonds. The maximum absolute atomic E-state index is 11.3. The van der Waals surface area contributed by atoms with Crippen LogP contribution in [0.2, 0.25) is 0 Å².